The number of piperidine rings is 1. The monoisotopic (exact) mass is 454 g/mol. The Balaban J connectivity index is 1.55. The van der Waals surface area contributed by atoms with Gasteiger partial charge in [0, 0.05) is 24.3 Å². The summed E-state index contributed by atoms with van der Waals surface area (Å²) in [6.45, 7) is 4.33. The van der Waals surface area contributed by atoms with E-state index in [-0.39, 0.29) is 22.1 Å². The molecule has 2 heterocycles. The summed E-state index contributed by atoms with van der Waals surface area (Å²) in [6, 6.07) is 12.5. The Morgan fingerprint density at radius 2 is 1.91 bits per heavy atom. The number of hydrogen-bond donors (Lipinski definition) is 1. The number of nitrogens with one attached hydrogen (secondary N) is 1. The van der Waals surface area contributed by atoms with Gasteiger partial charge in [0.1, 0.15) is 5.58 Å². The van der Waals surface area contributed by atoms with Crippen molar-refractivity contribution >= 4 is 32.6 Å². The van der Waals surface area contributed by atoms with E-state index in [0.717, 1.165) is 37.3 Å². The summed E-state index contributed by atoms with van der Waals surface area (Å²) < 4.78 is 33.5. The van der Waals surface area contributed by atoms with E-state index < -0.39 is 15.9 Å². The van der Waals surface area contributed by atoms with Crippen LogP contribution >= 0.6 is 0 Å². The summed E-state index contributed by atoms with van der Waals surface area (Å²) in [5.74, 6) is -0.683. The second kappa shape index (κ2) is 8.88. The molecule has 1 aliphatic rings. The summed E-state index contributed by atoms with van der Waals surface area (Å²) in [4.78, 5) is 25.2. The van der Waals surface area contributed by atoms with E-state index in [1.807, 2.05) is 6.92 Å². The van der Waals surface area contributed by atoms with Gasteiger partial charge in [-0.25, -0.2) is 8.42 Å². The first kappa shape index (κ1) is 22.2. The van der Waals surface area contributed by atoms with Crippen LogP contribution in [0, 0.1) is 6.92 Å². The standard InChI is InChI=1S/C24H26N2O5S/c1-3-18-8-4-5-14-26(18)32(29,30)19-12-10-17(11-13-19)25-24(28)22-15-21(27)20-9-6-7-16(2)23(20)31-22/h6-7,9-13,15,18H,3-5,8,14H2,1-2H3,(H,25,28). The Labute approximate surface area is 187 Å². The van der Waals surface area contributed by atoms with E-state index >= 15 is 0 Å². The molecule has 0 radical (unpaired) electrons. The molecule has 0 aliphatic carbocycles. The van der Waals surface area contributed by atoms with Gasteiger partial charge in [-0.05, 0) is 62.1 Å². The number of benzene rings is 2. The fourth-order valence-electron chi connectivity index (χ4n) is 4.17. The molecule has 1 unspecified atom stereocenters. The van der Waals surface area contributed by atoms with Crippen molar-refractivity contribution in [1.82, 2.24) is 4.31 Å². The maximum atomic E-state index is 13.1. The average molecular weight is 455 g/mol. The van der Waals surface area contributed by atoms with Crippen molar-refractivity contribution in [1.29, 1.82) is 0 Å². The summed E-state index contributed by atoms with van der Waals surface area (Å²) >= 11 is 0. The topological polar surface area (TPSA) is 96.7 Å². The van der Waals surface area contributed by atoms with Crippen LogP contribution in [-0.2, 0) is 10.0 Å². The van der Waals surface area contributed by atoms with Gasteiger partial charge in [0.25, 0.3) is 5.91 Å². The molecule has 2 aromatic carbocycles. The lowest BCUT2D eigenvalue weighted by molar-refractivity contribution is 0.0997. The number of carbonyl (C=O) groups excluding carboxylic acids is 1. The SMILES string of the molecule is CCC1CCCCN1S(=O)(=O)c1ccc(NC(=O)c2cc(=O)c3cccc(C)c3o2)cc1. The molecule has 4 rings (SSSR count). The molecule has 3 aromatic rings. The first-order valence-corrected chi connectivity index (χ1v) is 12.2. The number of carbonyl (C=O) groups is 1. The van der Waals surface area contributed by atoms with Crippen LogP contribution in [0.1, 0.15) is 48.7 Å². The molecule has 0 bridgehead atoms. The fourth-order valence-corrected chi connectivity index (χ4v) is 5.93. The van der Waals surface area contributed by atoms with Crippen molar-refractivity contribution in [2.45, 2.75) is 50.5 Å². The number of fused-ring (bicyclic) bond motifs is 1. The molecule has 1 N–H and O–H groups in total. The molecule has 1 saturated heterocycles. The van der Waals surface area contributed by atoms with Gasteiger partial charge in [-0.1, -0.05) is 25.5 Å². The summed E-state index contributed by atoms with van der Waals surface area (Å²) in [7, 11) is -3.59. The maximum Gasteiger partial charge on any atom is 0.291 e. The quantitative estimate of drug-likeness (QED) is 0.620. The largest absolute Gasteiger partial charge is 0.450 e. The molecule has 1 aromatic heterocycles. The van der Waals surface area contributed by atoms with Crippen LogP contribution in [-0.4, -0.2) is 31.2 Å². The molecule has 1 amide bonds. The van der Waals surface area contributed by atoms with E-state index in [2.05, 4.69) is 5.32 Å². The van der Waals surface area contributed by atoms with E-state index in [1.165, 1.54) is 12.1 Å². The molecule has 0 saturated carbocycles. The zero-order valence-electron chi connectivity index (χ0n) is 18.1. The number of amides is 1. The first-order chi connectivity index (χ1) is 15.3. The fraction of sp³-hybridized carbons (Fsp3) is 0.333. The highest BCUT2D eigenvalue weighted by Crippen LogP contribution is 2.27. The molecule has 1 fully saturated rings. The van der Waals surface area contributed by atoms with Crippen molar-refractivity contribution < 1.29 is 17.6 Å². The van der Waals surface area contributed by atoms with E-state index in [9.17, 15) is 18.0 Å². The highest BCUT2D eigenvalue weighted by molar-refractivity contribution is 7.89. The van der Waals surface area contributed by atoms with Gasteiger partial charge in [-0.3, -0.25) is 9.59 Å². The summed E-state index contributed by atoms with van der Waals surface area (Å²) in [5.41, 5.74) is 1.24. The zero-order chi connectivity index (χ0) is 22.9. The van der Waals surface area contributed by atoms with Crippen LogP contribution in [0.25, 0.3) is 11.0 Å². The molecule has 7 nitrogen and oxygen atoms in total. The highest BCUT2D eigenvalue weighted by atomic mass is 32.2. The highest BCUT2D eigenvalue weighted by Gasteiger charge is 2.32. The van der Waals surface area contributed by atoms with Crippen LogP contribution in [0.5, 0.6) is 0 Å². The van der Waals surface area contributed by atoms with Gasteiger partial charge in [0.15, 0.2) is 11.2 Å². The molecule has 168 valence electrons. The lowest BCUT2D eigenvalue weighted by Crippen LogP contribution is -2.43. The Morgan fingerprint density at radius 1 is 1.16 bits per heavy atom. The third-order valence-electron chi connectivity index (χ3n) is 5.94. The third-order valence-corrected chi connectivity index (χ3v) is 7.90. The van der Waals surface area contributed by atoms with Crippen LogP contribution in [0.2, 0.25) is 0 Å². The molecule has 1 aliphatic heterocycles. The lowest BCUT2D eigenvalue weighted by atomic mass is 10.0. The van der Waals surface area contributed by atoms with Gasteiger partial charge in [-0.2, -0.15) is 4.31 Å². The lowest BCUT2D eigenvalue weighted by Gasteiger charge is -2.34. The summed E-state index contributed by atoms with van der Waals surface area (Å²) in [6.07, 6.45) is 3.56. The van der Waals surface area contributed by atoms with Gasteiger partial charge in [-0.15, -0.1) is 0 Å². The van der Waals surface area contributed by atoms with Crippen LogP contribution < -0.4 is 10.7 Å². The van der Waals surface area contributed by atoms with Crippen LogP contribution in [0.3, 0.4) is 0 Å². The average Bonchev–Trinajstić information content (AvgIpc) is 2.80. The van der Waals surface area contributed by atoms with Crippen molar-refractivity contribution in [2.24, 2.45) is 0 Å². The van der Waals surface area contributed by atoms with Gasteiger partial charge < -0.3 is 9.73 Å². The number of rotatable bonds is 5. The first-order valence-electron chi connectivity index (χ1n) is 10.8. The van der Waals surface area contributed by atoms with Crippen LogP contribution in [0.4, 0.5) is 5.69 Å². The minimum atomic E-state index is -3.59. The van der Waals surface area contributed by atoms with Gasteiger partial charge in [0.05, 0.1) is 10.3 Å². The number of sulfonamides is 1. The zero-order valence-corrected chi connectivity index (χ0v) is 18.9. The van der Waals surface area contributed by atoms with E-state index in [1.54, 1.807) is 41.6 Å². The Morgan fingerprint density at radius 3 is 2.62 bits per heavy atom. The van der Waals surface area contributed by atoms with Crippen LogP contribution in [0.15, 0.2) is 62.6 Å². The van der Waals surface area contributed by atoms with E-state index in [4.69, 9.17) is 4.42 Å². The predicted molar refractivity (Wildman–Crippen MR) is 123 cm³/mol. The Hall–Kier alpha value is -2.97. The van der Waals surface area contributed by atoms with Crippen molar-refractivity contribution in [3.05, 3.63) is 70.1 Å². The molecule has 8 heteroatoms. The molecule has 0 spiro atoms. The number of anilines is 1. The molecular weight excluding hydrogens is 428 g/mol. The Bertz CT molecular complexity index is 1310. The Kier molecular flexibility index (Phi) is 6.17. The minimum absolute atomic E-state index is 0.0207. The predicted octanol–water partition coefficient (Wildman–Crippen LogP) is 4.31. The second-order valence-corrected chi connectivity index (χ2v) is 9.97. The third kappa shape index (κ3) is 4.20. The van der Waals surface area contributed by atoms with Crippen molar-refractivity contribution in [3.63, 3.8) is 0 Å². The number of nitrogens with zero attached hydrogens (tertiary/aromatic N) is 1. The molecule has 32 heavy (non-hydrogen) atoms. The molecular formula is C24H26N2O5S. The van der Waals surface area contributed by atoms with Crippen molar-refractivity contribution in [3.8, 4) is 0 Å². The number of hydrogen-bond acceptors (Lipinski definition) is 5. The second-order valence-electron chi connectivity index (χ2n) is 8.08. The molecule has 1 atom stereocenters. The van der Waals surface area contributed by atoms with E-state index in [0.29, 0.717) is 23.2 Å². The summed E-state index contributed by atoms with van der Waals surface area (Å²) in [5, 5.41) is 3.08. The normalized spacial score (nSPS) is 17.4. The number of aryl methyl sites for hydroxylation is 1. The van der Waals surface area contributed by atoms with Gasteiger partial charge in [0.2, 0.25) is 10.0 Å². The minimum Gasteiger partial charge on any atom is -0.450 e. The van der Waals surface area contributed by atoms with Crippen molar-refractivity contribution in [2.75, 3.05) is 11.9 Å². The smallest absolute Gasteiger partial charge is 0.291 e. The van der Waals surface area contributed by atoms with Gasteiger partial charge >= 0.3 is 0 Å². The maximum absolute atomic E-state index is 13.1. The number of para-hydroxylation sites is 1.